The summed E-state index contributed by atoms with van der Waals surface area (Å²) < 4.78 is 5.46. The molecule has 18 heavy (non-hydrogen) atoms. The third-order valence-electron chi connectivity index (χ3n) is 3.83. The zero-order valence-corrected chi connectivity index (χ0v) is 10.8. The van der Waals surface area contributed by atoms with Crippen molar-refractivity contribution in [2.45, 2.75) is 50.8 Å². The highest BCUT2D eigenvalue weighted by molar-refractivity contribution is 5.81. The first-order valence-corrected chi connectivity index (χ1v) is 6.34. The Morgan fingerprint density at radius 1 is 1.50 bits per heavy atom. The highest BCUT2D eigenvalue weighted by Crippen LogP contribution is 2.29. The van der Waals surface area contributed by atoms with Gasteiger partial charge in [0, 0.05) is 12.6 Å². The number of urea groups is 1. The van der Waals surface area contributed by atoms with Crippen LogP contribution in [0.2, 0.25) is 0 Å². The number of nitrogens with zero attached hydrogens (tertiary/aromatic N) is 1. The normalized spacial score (nSPS) is 31.1. The molecule has 2 unspecified atom stereocenters. The van der Waals surface area contributed by atoms with Crippen LogP contribution in [0.3, 0.4) is 0 Å². The Bertz CT molecular complexity index is 356. The van der Waals surface area contributed by atoms with Crippen LogP contribution in [0.5, 0.6) is 0 Å². The number of nitrogens with one attached hydrogen (secondary N) is 1. The molecule has 0 aromatic carbocycles. The van der Waals surface area contributed by atoms with Gasteiger partial charge in [0.2, 0.25) is 0 Å². The van der Waals surface area contributed by atoms with Gasteiger partial charge in [-0.15, -0.1) is 0 Å². The van der Waals surface area contributed by atoms with Gasteiger partial charge in [-0.3, -0.25) is 4.79 Å². The van der Waals surface area contributed by atoms with E-state index >= 15 is 0 Å². The number of carbonyl (C=O) groups is 2. The average Bonchev–Trinajstić information content (AvgIpc) is 3.04. The molecule has 2 N–H and O–H groups in total. The molecule has 0 bridgehead atoms. The van der Waals surface area contributed by atoms with E-state index in [9.17, 15) is 9.59 Å². The quantitative estimate of drug-likeness (QED) is 0.780. The number of hydrogen-bond donors (Lipinski definition) is 2. The van der Waals surface area contributed by atoms with Gasteiger partial charge in [-0.2, -0.15) is 0 Å². The van der Waals surface area contributed by atoms with Crippen molar-refractivity contribution in [3.63, 3.8) is 0 Å². The van der Waals surface area contributed by atoms with Crippen molar-refractivity contribution >= 4 is 12.0 Å². The molecule has 6 nitrogen and oxygen atoms in total. The third kappa shape index (κ3) is 2.75. The summed E-state index contributed by atoms with van der Waals surface area (Å²) in [5, 5.41) is 11.8. The predicted octanol–water partition coefficient (Wildman–Crippen LogP) is 0.812. The van der Waals surface area contributed by atoms with E-state index in [4.69, 9.17) is 9.84 Å². The molecular weight excluding hydrogens is 236 g/mol. The second-order valence-corrected chi connectivity index (χ2v) is 5.36. The summed E-state index contributed by atoms with van der Waals surface area (Å²) in [5.41, 5.74) is -0.400. The summed E-state index contributed by atoms with van der Waals surface area (Å²) in [6.07, 6.45) is 2.49. The number of carboxylic acid groups (broad SMARTS) is 1. The highest BCUT2D eigenvalue weighted by atomic mass is 16.5. The van der Waals surface area contributed by atoms with Gasteiger partial charge in [-0.25, -0.2) is 4.79 Å². The monoisotopic (exact) mass is 256 g/mol. The molecule has 2 atom stereocenters. The number of hydrogen-bond acceptors (Lipinski definition) is 3. The summed E-state index contributed by atoms with van der Waals surface area (Å²) in [6, 6.07) is -0.206. The summed E-state index contributed by atoms with van der Waals surface area (Å²) in [4.78, 5) is 24.4. The molecule has 2 fully saturated rings. The molecule has 2 amide bonds. The number of carboxylic acids is 1. The molecule has 1 aliphatic heterocycles. The van der Waals surface area contributed by atoms with Crippen LogP contribution in [0.15, 0.2) is 0 Å². The Morgan fingerprint density at radius 3 is 2.61 bits per heavy atom. The van der Waals surface area contributed by atoms with E-state index in [1.807, 2.05) is 13.8 Å². The fourth-order valence-electron chi connectivity index (χ4n) is 2.21. The van der Waals surface area contributed by atoms with E-state index < -0.39 is 11.5 Å². The van der Waals surface area contributed by atoms with Gasteiger partial charge in [0.05, 0.1) is 11.6 Å². The van der Waals surface area contributed by atoms with Gasteiger partial charge in [0.1, 0.15) is 6.54 Å². The smallest absolute Gasteiger partial charge is 0.323 e. The lowest BCUT2D eigenvalue weighted by Crippen LogP contribution is -2.56. The fraction of sp³-hybridized carbons (Fsp3) is 0.833. The van der Waals surface area contributed by atoms with Crippen molar-refractivity contribution in [3.8, 4) is 0 Å². The first-order chi connectivity index (χ1) is 8.42. The van der Waals surface area contributed by atoms with Gasteiger partial charge < -0.3 is 20.1 Å². The van der Waals surface area contributed by atoms with Crippen molar-refractivity contribution in [1.82, 2.24) is 10.2 Å². The molecule has 0 spiro atoms. The van der Waals surface area contributed by atoms with Crippen LogP contribution in [0, 0.1) is 0 Å². The molecule has 1 saturated heterocycles. The highest BCUT2D eigenvalue weighted by Gasteiger charge is 2.41. The molecule has 1 heterocycles. The lowest BCUT2D eigenvalue weighted by Gasteiger charge is -2.32. The molecule has 2 rings (SSSR count). The number of rotatable bonds is 4. The average molecular weight is 256 g/mol. The topological polar surface area (TPSA) is 78.9 Å². The van der Waals surface area contributed by atoms with Crippen LogP contribution in [0.25, 0.3) is 0 Å². The van der Waals surface area contributed by atoms with Gasteiger partial charge in [-0.1, -0.05) is 0 Å². The van der Waals surface area contributed by atoms with Gasteiger partial charge in [0.15, 0.2) is 0 Å². The van der Waals surface area contributed by atoms with Crippen LogP contribution >= 0.6 is 0 Å². The minimum atomic E-state index is -0.974. The minimum Gasteiger partial charge on any atom is -0.480 e. The fourth-order valence-corrected chi connectivity index (χ4v) is 2.21. The van der Waals surface area contributed by atoms with Crippen LogP contribution in [0.4, 0.5) is 4.79 Å². The third-order valence-corrected chi connectivity index (χ3v) is 3.83. The number of ether oxygens (including phenoxy) is 1. The van der Waals surface area contributed by atoms with E-state index in [2.05, 4.69) is 5.32 Å². The van der Waals surface area contributed by atoms with E-state index in [0.29, 0.717) is 6.61 Å². The number of carbonyl (C=O) groups excluding carboxylic acids is 1. The Morgan fingerprint density at radius 2 is 2.17 bits per heavy atom. The largest absolute Gasteiger partial charge is 0.480 e. The standard InChI is InChI=1S/C12H20N2O4/c1-8-12(2,5-6-18-8)13-11(17)14(7-10(15)16)9-3-4-9/h8-9H,3-7H2,1-2H3,(H,13,17)(H,15,16). The van der Waals surface area contributed by atoms with E-state index in [1.165, 1.54) is 4.90 Å². The zero-order valence-electron chi connectivity index (χ0n) is 10.8. The second-order valence-electron chi connectivity index (χ2n) is 5.36. The second kappa shape index (κ2) is 4.76. The molecule has 102 valence electrons. The van der Waals surface area contributed by atoms with Crippen molar-refractivity contribution < 1.29 is 19.4 Å². The molecule has 1 aliphatic carbocycles. The maximum Gasteiger partial charge on any atom is 0.323 e. The summed E-state index contributed by atoms with van der Waals surface area (Å²) in [6.45, 7) is 4.25. The van der Waals surface area contributed by atoms with Crippen LogP contribution < -0.4 is 5.32 Å². The molecule has 0 aromatic rings. The van der Waals surface area contributed by atoms with Gasteiger partial charge in [0.25, 0.3) is 0 Å². The van der Waals surface area contributed by atoms with Gasteiger partial charge >= 0.3 is 12.0 Å². The lowest BCUT2D eigenvalue weighted by atomic mass is 9.95. The summed E-state index contributed by atoms with van der Waals surface area (Å²) in [7, 11) is 0. The molecule has 0 radical (unpaired) electrons. The van der Waals surface area contributed by atoms with Crippen LogP contribution in [-0.2, 0) is 9.53 Å². The maximum absolute atomic E-state index is 12.2. The van der Waals surface area contributed by atoms with E-state index in [-0.39, 0.29) is 24.7 Å². The molecule has 2 aliphatic rings. The van der Waals surface area contributed by atoms with Gasteiger partial charge in [-0.05, 0) is 33.1 Å². The Labute approximate surface area is 106 Å². The first kappa shape index (κ1) is 13.1. The van der Waals surface area contributed by atoms with Crippen molar-refractivity contribution in [3.05, 3.63) is 0 Å². The van der Waals surface area contributed by atoms with E-state index in [0.717, 1.165) is 19.3 Å². The van der Waals surface area contributed by atoms with Crippen molar-refractivity contribution in [2.24, 2.45) is 0 Å². The van der Waals surface area contributed by atoms with Crippen LogP contribution in [-0.4, -0.2) is 52.8 Å². The summed E-state index contributed by atoms with van der Waals surface area (Å²) in [5.74, 6) is -0.974. The first-order valence-electron chi connectivity index (χ1n) is 6.34. The molecule has 6 heteroatoms. The SMILES string of the molecule is CC1OCCC1(C)NC(=O)N(CC(=O)O)C1CC1. The predicted molar refractivity (Wildman–Crippen MR) is 64.3 cm³/mol. The maximum atomic E-state index is 12.2. The van der Waals surface area contributed by atoms with Crippen molar-refractivity contribution in [2.75, 3.05) is 13.2 Å². The minimum absolute atomic E-state index is 0.0488. The molecular formula is C12H20N2O4. The Kier molecular flexibility index (Phi) is 3.47. The number of amides is 2. The Balaban J connectivity index is 1.98. The van der Waals surface area contributed by atoms with Crippen molar-refractivity contribution in [1.29, 1.82) is 0 Å². The van der Waals surface area contributed by atoms with Crippen LogP contribution in [0.1, 0.15) is 33.1 Å². The lowest BCUT2D eigenvalue weighted by molar-refractivity contribution is -0.137. The zero-order chi connectivity index (χ0) is 13.3. The van der Waals surface area contributed by atoms with E-state index in [1.54, 1.807) is 0 Å². The molecule has 0 aromatic heterocycles. The number of aliphatic carboxylic acids is 1. The summed E-state index contributed by atoms with van der Waals surface area (Å²) >= 11 is 0. The Hall–Kier alpha value is -1.30. The molecule has 1 saturated carbocycles.